The van der Waals surface area contributed by atoms with Crippen LogP contribution in [0.15, 0.2) is 102 Å². The summed E-state index contributed by atoms with van der Waals surface area (Å²) in [5.74, 6) is 1.63. The smallest absolute Gasteiger partial charge is 0.150 e. The van der Waals surface area contributed by atoms with Gasteiger partial charge in [-0.2, -0.15) is 5.10 Å². The third kappa shape index (κ3) is 6.65. The quantitative estimate of drug-likeness (QED) is 0.165. The highest BCUT2D eigenvalue weighted by atomic mass is 79.9. The lowest BCUT2D eigenvalue weighted by atomic mass is 9.86. The maximum absolute atomic E-state index is 6.24. The molecule has 2 heterocycles. The van der Waals surface area contributed by atoms with Crippen LogP contribution < -0.4 is 14.4 Å². The Kier molecular flexibility index (Phi) is 9.02. The Balaban J connectivity index is 1.38. The Bertz CT molecular complexity index is 1690. The summed E-state index contributed by atoms with van der Waals surface area (Å²) >= 11 is 3.88. The highest BCUT2D eigenvalue weighted by Crippen LogP contribution is 2.40. The zero-order valence-corrected chi connectivity index (χ0v) is 28.2. The van der Waals surface area contributed by atoms with Gasteiger partial charge in [0.1, 0.15) is 11.5 Å². The molecule has 45 heavy (non-hydrogen) atoms. The highest BCUT2D eigenvalue weighted by molar-refractivity contribution is 9.10. The number of nitrogens with zero attached hydrogens (tertiary/aromatic N) is 3. The number of benzene rings is 4. The number of anilines is 3. The van der Waals surface area contributed by atoms with Crippen molar-refractivity contribution in [2.45, 2.75) is 51.7 Å². The Morgan fingerprint density at radius 1 is 0.778 bits per heavy atom. The molecule has 1 atom stereocenters. The first-order valence-corrected chi connectivity index (χ1v) is 16.2. The van der Waals surface area contributed by atoms with Gasteiger partial charge in [0, 0.05) is 39.3 Å². The van der Waals surface area contributed by atoms with E-state index in [9.17, 15) is 0 Å². The second kappa shape index (κ2) is 13.1. The van der Waals surface area contributed by atoms with E-state index in [1.54, 1.807) is 14.2 Å². The van der Waals surface area contributed by atoms with Gasteiger partial charge in [0.05, 0.1) is 25.6 Å². The summed E-state index contributed by atoms with van der Waals surface area (Å²) in [5.41, 5.74) is 8.55. The Morgan fingerprint density at radius 3 is 1.84 bits per heavy atom. The molecule has 0 saturated carbocycles. The van der Waals surface area contributed by atoms with E-state index in [-0.39, 0.29) is 11.6 Å². The Morgan fingerprint density at radius 2 is 1.36 bits per heavy atom. The van der Waals surface area contributed by atoms with Crippen molar-refractivity contribution in [1.82, 2.24) is 9.78 Å². The van der Waals surface area contributed by atoms with Crippen molar-refractivity contribution in [2.75, 3.05) is 25.7 Å². The number of hydrogen-bond acceptors (Lipinski definition) is 5. The van der Waals surface area contributed by atoms with Crippen molar-refractivity contribution >= 4 is 33.0 Å². The van der Waals surface area contributed by atoms with Crippen molar-refractivity contribution in [1.29, 1.82) is 0 Å². The van der Waals surface area contributed by atoms with E-state index >= 15 is 0 Å². The molecule has 0 amide bonds. The van der Waals surface area contributed by atoms with Gasteiger partial charge in [-0.05, 0) is 103 Å². The van der Waals surface area contributed by atoms with Crippen molar-refractivity contribution in [3.63, 3.8) is 0 Å². The fourth-order valence-electron chi connectivity index (χ4n) is 5.75. The van der Waals surface area contributed by atoms with Gasteiger partial charge in [-0.25, -0.2) is 4.68 Å². The lowest BCUT2D eigenvalue weighted by Crippen LogP contribution is -2.20. The van der Waals surface area contributed by atoms with E-state index in [1.807, 2.05) is 24.3 Å². The molecular weight excluding hydrogens is 626 g/mol. The summed E-state index contributed by atoms with van der Waals surface area (Å²) < 4.78 is 20.2. The van der Waals surface area contributed by atoms with E-state index in [0.29, 0.717) is 0 Å². The standard InChI is InChI=1S/C38H40BrN3O3/c1-38(2,3)27-11-22-33(34(39)24-27)36-25-35(40-42(36)37-8-6-7-23-45-37)26-9-12-28(13-10-26)41(29-14-18-31(43-4)19-15-29)30-16-20-32(44-5)21-17-30/h9-22,24-25,37H,6-8,23H2,1-5H3. The van der Waals surface area contributed by atoms with Crippen molar-refractivity contribution in [2.24, 2.45) is 0 Å². The van der Waals surface area contributed by atoms with Crippen molar-refractivity contribution < 1.29 is 14.2 Å². The Labute approximate surface area is 274 Å². The van der Waals surface area contributed by atoms with Crippen LogP contribution in [0.1, 0.15) is 51.8 Å². The summed E-state index contributed by atoms with van der Waals surface area (Å²) in [6.07, 6.45) is 3.08. The summed E-state index contributed by atoms with van der Waals surface area (Å²) in [4.78, 5) is 2.22. The molecule has 7 heteroatoms. The average Bonchev–Trinajstić information content (AvgIpc) is 3.51. The third-order valence-corrected chi connectivity index (χ3v) is 9.01. The summed E-state index contributed by atoms with van der Waals surface area (Å²) in [7, 11) is 3.36. The number of halogens is 1. The van der Waals surface area contributed by atoms with Crippen molar-refractivity contribution in [3.05, 3.63) is 107 Å². The lowest BCUT2D eigenvalue weighted by molar-refractivity contribution is -0.0382. The van der Waals surface area contributed by atoms with Crippen molar-refractivity contribution in [3.8, 4) is 34.0 Å². The van der Waals surface area contributed by atoms with Gasteiger partial charge < -0.3 is 19.1 Å². The molecule has 1 unspecified atom stereocenters. The van der Waals surface area contributed by atoms with Gasteiger partial charge in [-0.15, -0.1) is 0 Å². The number of ether oxygens (including phenoxy) is 3. The largest absolute Gasteiger partial charge is 0.497 e. The van der Waals surface area contributed by atoms with Gasteiger partial charge in [-0.3, -0.25) is 0 Å². The Hall–Kier alpha value is -4.07. The molecule has 1 aliphatic rings. The molecule has 0 N–H and O–H groups in total. The minimum atomic E-state index is -0.0865. The topological polar surface area (TPSA) is 48.8 Å². The molecule has 5 aromatic rings. The van der Waals surface area contributed by atoms with Crippen LogP contribution in [-0.2, 0) is 10.2 Å². The first-order valence-electron chi connectivity index (χ1n) is 15.5. The molecule has 6 rings (SSSR count). The monoisotopic (exact) mass is 665 g/mol. The molecule has 232 valence electrons. The van der Waals surface area contributed by atoms with Gasteiger partial charge in [0.15, 0.2) is 6.23 Å². The number of methoxy groups -OCH3 is 2. The van der Waals surface area contributed by atoms with Crippen LogP contribution in [0.2, 0.25) is 0 Å². The van der Waals surface area contributed by atoms with Gasteiger partial charge in [-0.1, -0.05) is 61.0 Å². The zero-order valence-electron chi connectivity index (χ0n) is 26.6. The van der Waals surface area contributed by atoms with Gasteiger partial charge in [0.25, 0.3) is 0 Å². The second-order valence-electron chi connectivity index (χ2n) is 12.4. The molecule has 0 aliphatic carbocycles. The molecule has 6 nitrogen and oxygen atoms in total. The van der Waals surface area contributed by atoms with Crippen LogP contribution in [-0.4, -0.2) is 30.6 Å². The van der Waals surface area contributed by atoms with E-state index in [4.69, 9.17) is 19.3 Å². The van der Waals surface area contributed by atoms with Crippen LogP contribution in [0.4, 0.5) is 17.1 Å². The molecule has 1 fully saturated rings. The number of hydrogen-bond donors (Lipinski definition) is 0. The molecule has 1 saturated heterocycles. The van der Waals surface area contributed by atoms with E-state index in [0.717, 1.165) is 81.4 Å². The molecule has 4 aromatic carbocycles. The second-order valence-corrected chi connectivity index (χ2v) is 13.3. The average molecular weight is 667 g/mol. The predicted molar refractivity (Wildman–Crippen MR) is 186 cm³/mol. The summed E-state index contributed by atoms with van der Waals surface area (Å²) in [5, 5.41) is 5.15. The maximum atomic E-state index is 6.24. The molecular formula is C38H40BrN3O3. The van der Waals surface area contributed by atoms with Crippen LogP contribution >= 0.6 is 15.9 Å². The zero-order chi connectivity index (χ0) is 31.6. The van der Waals surface area contributed by atoms with Crippen LogP contribution in [0, 0.1) is 0 Å². The fraction of sp³-hybridized carbons (Fsp3) is 0.289. The first-order chi connectivity index (χ1) is 21.7. The van der Waals surface area contributed by atoms with Crippen LogP contribution in [0.3, 0.4) is 0 Å². The fourth-order valence-corrected chi connectivity index (χ4v) is 6.34. The van der Waals surface area contributed by atoms with E-state index in [1.165, 1.54) is 5.56 Å². The number of rotatable bonds is 8. The van der Waals surface area contributed by atoms with Gasteiger partial charge >= 0.3 is 0 Å². The maximum Gasteiger partial charge on any atom is 0.150 e. The SMILES string of the molecule is COc1ccc(N(c2ccc(OC)cc2)c2ccc(-c3cc(-c4ccc(C(C)(C)C)cc4Br)n(C4CCCCO4)n3)cc2)cc1. The highest BCUT2D eigenvalue weighted by Gasteiger charge is 2.24. The minimum absolute atomic E-state index is 0.0617. The van der Waals surface area contributed by atoms with E-state index < -0.39 is 0 Å². The predicted octanol–water partition coefficient (Wildman–Crippen LogP) is 10.5. The summed E-state index contributed by atoms with van der Waals surface area (Å²) in [6.45, 7) is 7.47. The number of aromatic nitrogens is 2. The lowest BCUT2D eigenvalue weighted by Gasteiger charge is -2.26. The van der Waals surface area contributed by atoms with E-state index in [2.05, 4.69) is 119 Å². The van der Waals surface area contributed by atoms with Crippen LogP contribution in [0.5, 0.6) is 11.5 Å². The first kappa shape index (κ1) is 30.9. The molecule has 0 radical (unpaired) electrons. The minimum Gasteiger partial charge on any atom is -0.497 e. The van der Waals surface area contributed by atoms with Gasteiger partial charge in [0.2, 0.25) is 0 Å². The van der Waals surface area contributed by atoms with Crippen LogP contribution in [0.25, 0.3) is 22.5 Å². The normalized spacial score (nSPS) is 15.1. The summed E-state index contributed by atoms with van der Waals surface area (Å²) in [6, 6.07) is 33.6. The molecule has 1 aromatic heterocycles. The molecule has 0 bridgehead atoms. The molecule has 1 aliphatic heterocycles. The molecule has 0 spiro atoms. The third-order valence-electron chi connectivity index (χ3n) is 8.36.